The van der Waals surface area contributed by atoms with Gasteiger partial charge in [0.15, 0.2) is 11.2 Å². The molecule has 0 amide bonds. The van der Waals surface area contributed by atoms with Gasteiger partial charge in [0.1, 0.15) is 6.54 Å². The zero-order valence-corrected chi connectivity index (χ0v) is 16.1. The SMILES string of the molecule is O=C(O)Cn1c(=O)n(CCc2ccccc2)c(=O)c2c1ncn2Cc1ccccc1. The molecule has 152 valence electrons. The summed E-state index contributed by atoms with van der Waals surface area (Å²) in [6.07, 6.45) is 1.94. The van der Waals surface area contributed by atoms with Crippen LogP contribution in [-0.2, 0) is 30.8 Å². The summed E-state index contributed by atoms with van der Waals surface area (Å²) < 4.78 is 3.80. The minimum atomic E-state index is -1.18. The molecular formula is C22H20N4O4. The van der Waals surface area contributed by atoms with Gasteiger partial charge in [-0.15, -0.1) is 0 Å². The van der Waals surface area contributed by atoms with Crippen LogP contribution in [0.25, 0.3) is 11.2 Å². The fourth-order valence-corrected chi connectivity index (χ4v) is 3.50. The molecule has 0 saturated heterocycles. The summed E-state index contributed by atoms with van der Waals surface area (Å²) in [5.41, 5.74) is 1.10. The van der Waals surface area contributed by atoms with Crippen molar-refractivity contribution in [2.45, 2.75) is 26.1 Å². The summed E-state index contributed by atoms with van der Waals surface area (Å²) in [5.74, 6) is -1.18. The van der Waals surface area contributed by atoms with Crippen LogP contribution in [0.3, 0.4) is 0 Å². The molecule has 0 atom stereocenters. The molecular weight excluding hydrogens is 384 g/mol. The van der Waals surface area contributed by atoms with Gasteiger partial charge in [0.25, 0.3) is 5.56 Å². The second-order valence-corrected chi connectivity index (χ2v) is 6.99. The Morgan fingerprint density at radius 2 is 1.53 bits per heavy atom. The second kappa shape index (κ2) is 8.20. The minimum absolute atomic E-state index is 0.0827. The summed E-state index contributed by atoms with van der Waals surface area (Å²) in [4.78, 5) is 41.7. The molecule has 0 aliphatic carbocycles. The number of hydrogen-bond donors (Lipinski definition) is 1. The van der Waals surface area contributed by atoms with Gasteiger partial charge in [-0.3, -0.25) is 18.7 Å². The normalized spacial score (nSPS) is 11.1. The molecule has 2 aromatic heterocycles. The molecule has 30 heavy (non-hydrogen) atoms. The molecule has 4 rings (SSSR count). The molecule has 0 aliphatic heterocycles. The minimum Gasteiger partial charge on any atom is -0.480 e. The second-order valence-electron chi connectivity index (χ2n) is 6.99. The molecule has 8 nitrogen and oxygen atoms in total. The number of carboxylic acids is 1. The van der Waals surface area contributed by atoms with Crippen molar-refractivity contribution in [2.24, 2.45) is 0 Å². The Labute approximate surface area is 171 Å². The van der Waals surface area contributed by atoms with Crippen LogP contribution in [0.4, 0.5) is 0 Å². The Kier molecular flexibility index (Phi) is 5.30. The Bertz CT molecular complexity index is 1300. The number of benzene rings is 2. The Morgan fingerprint density at radius 3 is 2.17 bits per heavy atom. The molecule has 0 bridgehead atoms. The van der Waals surface area contributed by atoms with Gasteiger partial charge in [-0.1, -0.05) is 60.7 Å². The topological polar surface area (TPSA) is 99.1 Å². The average Bonchev–Trinajstić information content (AvgIpc) is 3.16. The number of rotatable bonds is 7. The zero-order chi connectivity index (χ0) is 21.1. The Morgan fingerprint density at radius 1 is 0.900 bits per heavy atom. The third-order valence-corrected chi connectivity index (χ3v) is 4.94. The maximum Gasteiger partial charge on any atom is 0.333 e. The van der Waals surface area contributed by atoms with E-state index in [-0.39, 0.29) is 17.7 Å². The van der Waals surface area contributed by atoms with Crippen LogP contribution >= 0.6 is 0 Å². The predicted molar refractivity (Wildman–Crippen MR) is 112 cm³/mol. The summed E-state index contributed by atoms with van der Waals surface area (Å²) in [5, 5.41) is 9.28. The van der Waals surface area contributed by atoms with Crippen molar-refractivity contribution in [3.05, 3.63) is 99.0 Å². The molecule has 2 heterocycles. The molecule has 1 N–H and O–H groups in total. The number of carbonyl (C=O) groups is 1. The van der Waals surface area contributed by atoms with E-state index in [0.29, 0.717) is 13.0 Å². The monoisotopic (exact) mass is 404 g/mol. The fourth-order valence-electron chi connectivity index (χ4n) is 3.50. The first-order valence-electron chi connectivity index (χ1n) is 9.52. The van der Waals surface area contributed by atoms with Crippen molar-refractivity contribution in [2.75, 3.05) is 0 Å². The molecule has 0 unspecified atom stereocenters. The van der Waals surface area contributed by atoms with E-state index in [2.05, 4.69) is 4.98 Å². The molecule has 8 heteroatoms. The lowest BCUT2D eigenvalue weighted by Crippen LogP contribution is -2.42. The maximum absolute atomic E-state index is 13.2. The first kappa shape index (κ1) is 19.4. The van der Waals surface area contributed by atoms with E-state index in [1.807, 2.05) is 60.7 Å². The quantitative estimate of drug-likeness (QED) is 0.506. The van der Waals surface area contributed by atoms with Crippen LogP contribution in [0.15, 0.2) is 76.6 Å². The summed E-state index contributed by atoms with van der Waals surface area (Å²) >= 11 is 0. The van der Waals surface area contributed by atoms with E-state index in [0.717, 1.165) is 20.3 Å². The van der Waals surface area contributed by atoms with Crippen LogP contribution < -0.4 is 11.2 Å². The number of aromatic nitrogens is 4. The standard InChI is InChI=1S/C22H20N4O4/c27-18(28)14-26-20-19(24(15-23-20)13-17-9-5-2-6-10-17)21(29)25(22(26)30)12-11-16-7-3-1-4-8-16/h1-10,15H,11-14H2,(H,27,28). The third kappa shape index (κ3) is 3.80. The molecule has 0 saturated carbocycles. The zero-order valence-electron chi connectivity index (χ0n) is 16.1. The third-order valence-electron chi connectivity index (χ3n) is 4.94. The smallest absolute Gasteiger partial charge is 0.333 e. The summed E-state index contributed by atoms with van der Waals surface area (Å²) in [6, 6.07) is 19.0. The Balaban J connectivity index is 1.83. The molecule has 0 radical (unpaired) electrons. The number of hydrogen-bond acceptors (Lipinski definition) is 4. The van der Waals surface area contributed by atoms with Crippen LogP contribution in [-0.4, -0.2) is 29.8 Å². The van der Waals surface area contributed by atoms with Gasteiger partial charge in [-0.2, -0.15) is 0 Å². The van der Waals surface area contributed by atoms with Gasteiger partial charge in [-0.25, -0.2) is 9.78 Å². The van der Waals surface area contributed by atoms with E-state index in [1.54, 1.807) is 4.57 Å². The van der Waals surface area contributed by atoms with Gasteiger partial charge >= 0.3 is 11.7 Å². The highest BCUT2D eigenvalue weighted by atomic mass is 16.4. The van der Waals surface area contributed by atoms with Gasteiger partial charge in [0, 0.05) is 13.1 Å². The number of imidazole rings is 1. The average molecular weight is 404 g/mol. The van der Waals surface area contributed by atoms with Crippen LogP contribution in [0.2, 0.25) is 0 Å². The highest BCUT2D eigenvalue weighted by Gasteiger charge is 2.19. The summed E-state index contributed by atoms with van der Waals surface area (Å²) in [7, 11) is 0. The molecule has 0 fully saturated rings. The predicted octanol–water partition coefficient (Wildman–Crippen LogP) is 1.74. The summed E-state index contributed by atoms with van der Waals surface area (Å²) in [6.45, 7) is -0.0341. The first-order chi connectivity index (χ1) is 14.5. The highest BCUT2D eigenvalue weighted by molar-refractivity contribution is 5.73. The van der Waals surface area contributed by atoms with Crippen molar-refractivity contribution in [3.63, 3.8) is 0 Å². The van der Waals surface area contributed by atoms with Crippen LogP contribution in [0.5, 0.6) is 0 Å². The van der Waals surface area contributed by atoms with Crippen LogP contribution in [0.1, 0.15) is 11.1 Å². The largest absolute Gasteiger partial charge is 0.480 e. The van der Waals surface area contributed by atoms with Crippen molar-refractivity contribution < 1.29 is 9.90 Å². The van der Waals surface area contributed by atoms with Gasteiger partial charge in [0.2, 0.25) is 0 Å². The number of fused-ring (bicyclic) bond motifs is 1. The van der Waals surface area contributed by atoms with Crippen molar-refractivity contribution in [1.82, 2.24) is 18.7 Å². The number of carboxylic acid groups (broad SMARTS) is 1. The van der Waals surface area contributed by atoms with Crippen molar-refractivity contribution >= 4 is 17.1 Å². The van der Waals surface area contributed by atoms with Gasteiger partial charge in [-0.05, 0) is 17.5 Å². The van der Waals surface area contributed by atoms with E-state index >= 15 is 0 Å². The van der Waals surface area contributed by atoms with E-state index in [4.69, 9.17) is 0 Å². The molecule has 0 aliphatic rings. The lowest BCUT2D eigenvalue weighted by molar-refractivity contribution is -0.137. The van der Waals surface area contributed by atoms with Crippen molar-refractivity contribution in [1.29, 1.82) is 0 Å². The number of aryl methyl sites for hydroxylation is 1. The molecule has 0 spiro atoms. The van der Waals surface area contributed by atoms with E-state index in [9.17, 15) is 19.5 Å². The van der Waals surface area contributed by atoms with E-state index in [1.165, 1.54) is 6.33 Å². The van der Waals surface area contributed by atoms with Gasteiger partial charge in [0.05, 0.1) is 6.33 Å². The van der Waals surface area contributed by atoms with Crippen LogP contribution in [0, 0.1) is 0 Å². The first-order valence-corrected chi connectivity index (χ1v) is 9.52. The maximum atomic E-state index is 13.2. The lowest BCUT2D eigenvalue weighted by atomic mass is 10.1. The van der Waals surface area contributed by atoms with E-state index < -0.39 is 23.8 Å². The highest BCUT2D eigenvalue weighted by Crippen LogP contribution is 2.11. The van der Waals surface area contributed by atoms with Gasteiger partial charge < -0.3 is 9.67 Å². The fraction of sp³-hybridized carbons (Fsp3) is 0.182. The number of aliphatic carboxylic acids is 1. The Hall–Kier alpha value is -3.94. The lowest BCUT2D eigenvalue weighted by Gasteiger charge is -2.11. The molecule has 2 aromatic carbocycles. The van der Waals surface area contributed by atoms with Crippen molar-refractivity contribution in [3.8, 4) is 0 Å². The molecule has 4 aromatic rings. The number of nitrogens with zero attached hydrogens (tertiary/aromatic N) is 4.